The van der Waals surface area contributed by atoms with Gasteiger partial charge in [-0.2, -0.15) is 5.10 Å². The number of aryl methyl sites for hydroxylation is 2. The van der Waals surface area contributed by atoms with Gasteiger partial charge in [0.25, 0.3) is 5.91 Å². The third-order valence-corrected chi connectivity index (χ3v) is 2.82. The molecule has 0 bridgehead atoms. The smallest absolute Gasteiger partial charge is 0.275 e. The highest BCUT2D eigenvalue weighted by Gasteiger charge is 2.11. The summed E-state index contributed by atoms with van der Waals surface area (Å²) in [6, 6.07) is 5.41. The zero-order chi connectivity index (χ0) is 14.5. The van der Waals surface area contributed by atoms with Gasteiger partial charge in [0.05, 0.1) is 5.69 Å². The highest BCUT2D eigenvalue weighted by Crippen LogP contribution is 2.12. The first kappa shape index (κ1) is 14.0. The molecule has 0 atom stereocenters. The molecule has 6 nitrogen and oxygen atoms in total. The van der Waals surface area contributed by atoms with Gasteiger partial charge in [-0.1, -0.05) is 6.92 Å². The third kappa shape index (κ3) is 3.34. The van der Waals surface area contributed by atoms with Crippen LogP contribution in [0.5, 0.6) is 0 Å². The highest BCUT2D eigenvalue weighted by molar-refractivity contribution is 6.02. The number of hydrogen-bond donors (Lipinski definition) is 2. The van der Waals surface area contributed by atoms with Crippen LogP contribution in [0.2, 0.25) is 0 Å². The highest BCUT2D eigenvalue weighted by atomic mass is 16.2. The molecule has 106 valence electrons. The number of pyridine rings is 1. The Bertz CT molecular complexity index is 605. The summed E-state index contributed by atoms with van der Waals surface area (Å²) in [4.78, 5) is 16.3. The number of amides is 1. The van der Waals surface area contributed by atoms with E-state index in [1.54, 1.807) is 24.0 Å². The van der Waals surface area contributed by atoms with Crippen LogP contribution in [0.3, 0.4) is 0 Å². The van der Waals surface area contributed by atoms with Crippen LogP contribution in [0.4, 0.5) is 11.5 Å². The quantitative estimate of drug-likeness (QED) is 0.876. The predicted molar refractivity (Wildman–Crippen MR) is 78.9 cm³/mol. The van der Waals surface area contributed by atoms with Crippen LogP contribution in [-0.2, 0) is 7.05 Å². The van der Waals surface area contributed by atoms with Crippen molar-refractivity contribution in [3.63, 3.8) is 0 Å². The Morgan fingerprint density at radius 3 is 2.85 bits per heavy atom. The molecule has 0 spiro atoms. The van der Waals surface area contributed by atoms with E-state index < -0.39 is 0 Å². The van der Waals surface area contributed by atoms with Crippen molar-refractivity contribution in [1.29, 1.82) is 0 Å². The number of hydrogen-bond acceptors (Lipinski definition) is 4. The summed E-state index contributed by atoms with van der Waals surface area (Å²) in [6.45, 7) is 4.84. The topological polar surface area (TPSA) is 71.8 Å². The van der Waals surface area contributed by atoms with Crippen molar-refractivity contribution < 1.29 is 4.79 Å². The molecule has 0 aliphatic carbocycles. The molecule has 0 saturated heterocycles. The molecule has 0 aromatic carbocycles. The standard InChI is InChI=1S/C14H19N5O/c1-4-6-15-11-5-7-16-12(9-11)14(20)17-13-8-10(2)18-19(13)3/h5,7-9H,4,6H2,1-3H3,(H,15,16)(H,17,20). The molecule has 0 fully saturated rings. The lowest BCUT2D eigenvalue weighted by Crippen LogP contribution is -2.16. The maximum Gasteiger partial charge on any atom is 0.275 e. The molecule has 0 radical (unpaired) electrons. The predicted octanol–water partition coefficient (Wildman–Crippen LogP) is 2.20. The largest absolute Gasteiger partial charge is 0.385 e. The summed E-state index contributed by atoms with van der Waals surface area (Å²) in [7, 11) is 1.79. The molecular formula is C14H19N5O. The van der Waals surface area contributed by atoms with Crippen LogP contribution >= 0.6 is 0 Å². The summed E-state index contributed by atoms with van der Waals surface area (Å²) in [6.07, 6.45) is 2.65. The van der Waals surface area contributed by atoms with Crippen LogP contribution in [0, 0.1) is 6.92 Å². The minimum Gasteiger partial charge on any atom is -0.385 e. The lowest BCUT2D eigenvalue weighted by molar-refractivity contribution is 0.102. The second-order valence-corrected chi connectivity index (χ2v) is 4.61. The summed E-state index contributed by atoms with van der Waals surface area (Å²) in [5.41, 5.74) is 2.13. The molecule has 2 rings (SSSR count). The number of rotatable bonds is 5. The van der Waals surface area contributed by atoms with Crippen LogP contribution in [0.25, 0.3) is 0 Å². The second kappa shape index (κ2) is 6.18. The first-order valence-electron chi connectivity index (χ1n) is 6.62. The number of carbonyl (C=O) groups excluding carboxylic acids is 1. The minimum absolute atomic E-state index is 0.242. The zero-order valence-corrected chi connectivity index (χ0v) is 12.0. The Balaban J connectivity index is 2.10. The summed E-state index contributed by atoms with van der Waals surface area (Å²) in [5, 5.41) is 10.2. The van der Waals surface area contributed by atoms with Crippen molar-refractivity contribution in [2.45, 2.75) is 20.3 Å². The molecule has 2 N–H and O–H groups in total. The first-order valence-corrected chi connectivity index (χ1v) is 6.62. The molecule has 0 aliphatic rings. The van der Waals surface area contributed by atoms with E-state index in [-0.39, 0.29) is 5.91 Å². The van der Waals surface area contributed by atoms with E-state index in [1.807, 2.05) is 19.1 Å². The van der Waals surface area contributed by atoms with E-state index in [1.165, 1.54) is 0 Å². The first-order chi connectivity index (χ1) is 9.60. The van der Waals surface area contributed by atoms with Gasteiger partial charge < -0.3 is 10.6 Å². The monoisotopic (exact) mass is 273 g/mol. The van der Waals surface area contributed by atoms with E-state index in [4.69, 9.17) is 0 Å². The van der Waals surface area contributed by atoms with Gasteiger partial charge in [-0.05, 0) is 25.5 Å². The summed E-state index contributed by atoms with van der Waals surface area (Å²) in [5.74, 6) is 0.411. The maximum absolute atomic E-state index is 12.2. The lowest BCUT2D eigenvalue weighted by atomic mass is 10.3. The average molecular weight is 273 g/mol. The fraction of sp³-hybridized carbons (Fsp3) is 0.357. The minimum atomic E-state index is -0.242. The Labute approximate surface area is 118 Å². The number of anilines is 2. The molecule has 0 aliphatic heterocycles. The molecule has 0 unspecified atom stereocenters. The summed E-state index contributed by atoms with van der Waals surface area (Å²) >= 11 is 0. The zero-order valence-electron chi connectivity index (χ0n) is 12.0. The Morgan fingerprint density at radius 2 is 2.20 bits per heavy atom. The van der Waals surface area contributed by atoms with Crippen molar-refractivity contribution in [3.8, 4) is 0 Å². The Kier molecular flexibility index (Phi) is 4.34. The van der Waals surface area contributed by atoms with Crippen molar-refractivity contribution in [2.24, 2.45) is 7.05 Å². The third-order valence-electron chi connectivity index (χ3n) is 2.82. The molecule has 2 heterocycles. The van der Waals surface area contributed by atoms with Crippen molar-refractivity contribution in [2.75, 3.05) is 17.2 Å². The van der Waals surface area contributed by atoms with Gasteiger partial charge in [-0.25, -0.2) is 0 Å². The van der Waals surface area contributed by atoms with Crippen LogP contribution < -0.4 is 10.6 Å². The maximum atomic E-state index is 12.2. The Morgan fingerprint density at radius 1 is 1.40 bits per heavy atom. The average Bonchev–Trinajstić information content (AvgIpc) is 2.75. The second-order valence-electron chi connectivity index (χ2n) is 4.61. The molecule has 0 saturated carbocycles. The number of carbonyl (C=O) groups is 1. The molecule has 2 aromatic rings. The van der Waals surface area contributed by atoms with Crippen LogP contribution in [-0.4, -0.2) is 27.2 Å². The number of aromatic nitrogens is 3. The fourth-order valence-electron chi connectivity index (χ4n) is 1.84. The number of nitrogens with one attached hydrogen (secondary N) is 2. The molecule has 20 heavy (non-hydrogen) atoms. The van der Waals surface area contributed by atoms with Gasteiger partial charge >= 0.3 is 0 Å². The van der Waals surface area contributed by atoms with E-state index in [0.717, 1.165) is 24.3 Å². The van der Waals surface area contributed by atoms with Gasteiger partial charge in [-0.3, -0.25) is 14.5 Å². The number of nitrogens with zero attached hydrogens (tertiary/aromatic N) is 3. The fourth-order valence-corrected chi connectivity index (χ4v) is 1.84. The molecule has 2 aromatic heterocycles. The van der Waals surface area contributed by atoms with Gasteiger partial charge in [0, 0.05) is 31.5 Å². The SMILES string of the molecule is CCCNc1ccnc(C(=O)Nc2cc(C)nn2C)c1. The molecule has 6 heteroatoms. The molecule has 1 amide bonds. The molecular weight excluding hydrogens is 254 g/mol. The van der Waals surface area contributed by atoms with E-state index in [2.05, 4.69) is 27.6 Å². The van der Waals surface area contributed by atoms with E-state index in [0.29, 0.717) is 11.5 Å². The summed E-state index contributed by atoms with van der Waals surface area (Å²) < 4.78 is 1.63. The van der Waals surface area contributed by atoms with Gasteiger partial charge in [0.1, 0.15) is 11.5 Å². The Hall–Kier alpha value is -2.37. The van der Waals surface area contributed by atoms with Gasteiger partial charge in [0.15, 0.2) is 0 Å². The normalized spacial score (nSPS) is 10.3. The van der Waals surface area contributed by atoms with E-state index >= 15 is 0 Å². The van der Waals surface area contributed by atoms with E-state index in [9.17, 15) is 4.79 Å². The van der Waals surface area contributed by atoms with Crippen molar-refractivity contribution in [1.82, 2.24) is 14.8 Å². The van der Waals surface area contributed by atoms with Gasteiger partial charge in [-0.15, -0.1) is 0 Å². The van der Waals surface area contributed by atoms with Crippen LogP contribution in [0.1, 0.15) is 29.5 Å². The lowest BCUT2D eigenvalue weighted by Gasteiger charge is -2.07. The van der Waals surface area contributed by atoms with Crippen molar-refractivity contribution in [3.05, 3.63) is 35.8 Å². The van der Waals surface area contributed by atoms with Crippen molar-refractivity contribution >= 4 is 17.4 Å². The van der Waals surface area contributed by atoms with Gasteiger partial charge in [0.2, 0.25) is 0 Å². The van der Waals surface area contributed by atoms with Crippen LogP contribution in [0.15, 0.2) is 24.4 Å².